The van der Waals surface area contributed by atoms with Crippen LogP contribution in [-0.4, -0.2) is 27.4 Å². The zero-order chi connectivity index (χ0) is 22.1. The SMILES string of the molecule is Cc1cc(/C=C2\C(=O)NC(=O)N(c3cccnc3)C2=O)c(C)n1-c1ccc(C#N)cc1. The Balaban J connectivity index is 1.75. The summed E-state index contributed by atoms with van der Waals surface area (Å²) in [6, 6.07) is 13.4. The normalized spacial score (nSPS) is 15.2. The lowest BCUT2D eigenvalue weighted by Gasteiger charge is -2.26. The first-order chi connectivity index (χ1) is 14.9. The fourth-order valence-corrected chi connectivity index (χ4v) is 3.55. The van der Waals surface area contributed by atoms with Crippen LogP contribution in [0.2, 0.25) is 0 Å². The highest BCUT2D eigenvalue weighted by Crippen LogP contribution is 2.25. The van der Waals surface area contributed by atoms with Crippen molar-refractivity contribution in [1.29, 1.82) is 5.26 Å². The number of imide groups is 2. The predicted octanol–water partition coefficient (Wildman–Crippen LogP) is 3.03. The van der Waals surface area contributed by atoms with Gasteiger partial charge < -0.3 is 4.57 Å². The number of pyridine rings is 1. The van der Waals surface area contributed by atoms with Gasteiger partial charge in [0.1, 0.15) is 5.57 Å². The molecular weight excluding hydrogens is 394 g/mol. The van der Waals surface area contributed by atoms with Gasteiger partial charge in [0, 0.05) is 23.3 Å². The summed E-state index contributed by atoms with van der Waals surface area (Å²) in [5.74, 6) is -1.47. The van der Waals surface area contributed by atoms with Crippen LogP contribution in [0.25, 0.3) is 11.8 Å². The molecule has 8 nitrogen and oxygen atoms in total. The Hall–Kier alpha value is -4.51. The van der Waals surface area contributed by atoms with Crippen molar-refractivity contribution in [3.8, 4) is 11.8 Å². The van der Waals surface area contributed by atoms with Gasteiger partial charge in [-0.15, -0.1) is 0 Å². The number of anilines is 1. The lowest BCUT2D eigenvalue weighted by molar-refractivity contribution is -0.122. The van der Waals surface area contributed by atoms with Crippen molar-refractivity contribution in [2.75, 3.05) is 4.90 Å². The summed E-state index contributed by atoms with van der Waals surface area (Å²) in [5, 5.41) is 11.2. The summed E-state index contributed by atoms with van der Waals surface area (Å²) in [6.45, 7) is 3.77. The van der Waals surface area contributed by atoms with E-state index in [1.807, 2.05) is 36.6 Å². The van der Waals surface area contributed by atoms with Crippen molar-refractivity contribution >= 4 is 29.6 Å². The summed E-state index contributed by atoms with van der Waals surface area (Å²) in [7, 11) is 0. The van der Waals surface area contributed by atoms with E-state index in [9.17, 15) is 14.4 Å². The number of nitrogens with zero attached hydrogens (tertiary/aromatic N) is 4. The molecule has 0 unspecified atom stereocenters. The molecule has 0 aliphatic carbocycles. The standard InChI is InChI=1S/C23H17N5O3/c1-14-10-17(15(2)27(14)18-7-5-16(12-24)6-8-18)11-20-21(29)26-23(31)28(22(20)30)19-4-3-9-25-13-19/h3-11,13H,1-2H3,(H,26,29,31)/b20-11+. The van der Waals surface area contributed by atoms with E-state index in [1.165, 1.54) is 18.5 Å². The zero-order valence-corrected chi connectivity index (χ0v) is 16.8. The highest BCUT2D eigenvalue weighted by Gasteiger charge is 2.37. The van der Waals surface area contributed by atoms with E-state index in [0.29, 0.717) is 11.1 Å². The van der Waals surface area contributed by atoms with E-state index < -0.39 is 17.8 Å². The maximum Gasteiger partial charge on any atom is 0.336 e. The second-order valence-corrected chi connectivity index (χ2v) is 6.99. The van der Waals surface area contributed by atoms with Crippen LogP contribution in [-0.2, 0) is 9.59 Å². The quantitative estimate of drug-likeness (QED) is 0.526. The number of benzene rings is 1. The Morgan fingerprint density at radius 2 is 1.81 bits per heavy atom. The molecule has 8 heteroatoms. The maximum atomic E-state index is 13.0. The average Bonchev–Trinajstić information content (AvgIpc) is 3.04. The summed E-state index contributed by atoms with van der Waals surface area (Å²) >= 11 is 0. The van der Waals surface area contributed by atoms with Crippen molar-refractivity contribution in [2.24, 2.45) is 0 Å². The van der Waals surface area contributed by atoms with Crippen LogP contribution in [0.15, 0.2) is 60.4 Å². The third-order valence-electron chi connectivity index (χ3n) is 5.03. The summed E-state index contributed by atoms with van der Waals surface area (Å²) in [4.78, 5) is 42.5. The first kappa shape index (κ1) is 19.8. The molecule has 1 saturated heterocycles. The summed E-state index contributed by atoms with van der Waals surface area (Å²) in [6.07, 6.45) is 4.38. The fraction of sp³-hybridized carbons (Fsp3) is 0.0870. The molecule has 0 spiro atoms. The predicted molar refractivity (Wildman–Crippen MR) is 113 cm³/mol. The Morgan fingerprint density at radius 3 is 2.45 bits per heavy atom. The number of hydrogen-bond acceptors (Lipinski definition) is 5. The number of carbonyl (C=O) groups excluding carboxylic acids is 3. The largest absolute Gasteiger partial charge is 0.336 e. The van der Waals surface area contributed by atoms with Crippen molar-refractivity contribution < 1.29 is 14.4 Å². The van der Waals surface area contributed by atoms with Gasteiger partial charge in [0.2, 0.25) is 0 Å². The van der Waals surface area contributed by atoms with Gasteiger partial charge in [-0.2, -0.15) is 5.26 Å². The third kappa shape index (κ3) is 3.49. The number of urea groups is 1. The van der Waals surface area contributed by atoms with Crippen LogP contribution in [0.4, 0.5) is 10.5 Å². The van der Waals surface area contributed by atoms with Crippen molar-refractivity contribution in [2.45, 2.75) is 13.8 Å². The number of hydrogen-bond donors (Lipinski definition) is 1. The van der Waals surface area contributed by atoms with Crippen LogP contribution >= 0.6 is 0 Å². The Labute approximate surface area is 178 Å². The highest BCUT2D eigenvalue weighted by atomic mass is 16.2. The molecule has 0 saturated carbocycles. The maximum absolute atomic E-state index is 13.0. The van der Waals surface area contributed by atoms with Crippen molar-refractivity contribution in [1.82, 2.24) is 14.9 Å². The molecule has 1 fully saturated rings. The van der Waals surface area contributed by atoms with E-state index in [0.717, 1.165) is 22.0 Å². The number of carbonyl (C=O) groups is 3. The molecule has 4 amide bonds. The minimum Gasteiger partial charge on any atom is -0.318 e. The number of amides is 4. The minimum atomic E-state index is -0.816. The van der Waals surface area contributed by atoms with Gasteiger partial charge in [0.25, 0.3) is 11.8 Å². The van der Waals surface area contributed by atoms with Crippen LogP contribution in [0.5, 0.6) is 0 Å². The topological polar surface area (TPSA) is 108 Å². The van der Waals surface area contributed by atoms with E-state index in [2.05, 4.69) is 16.4 Å². The number of nitrogens with one attached hydrogen (secondary N) is 1. The minimum absolute atomic E-state index is 0.150. The number of barbiturate groups is 1. The molecule has 2 aromatic heterocycles. The first-order valence-electron chi connectivity index (χ1n) is 9.41. The highest BCUT2D eigenvalue weighted by molar-refractivity contribution is 6.39. The molecule has 0 bridgehead atoms. The van der Waals surface area contributed by atoms with Gasteiger partial charge in [-0.1, -0.05) is 0 Å². The monoisotopic (exact) mass is 411 g/mol. The molecule has 31 heavy (non-hydrogen) atoms. The first-order valence-corrected chi connectivity index (χ1v) is 9.41. The number of nitriles is 1. The molecule has 0 radical (unpaired) electrons. The lowest BCUT2D eigenvalue weighted by Crippen LogP contribution is -2.54. The van der Waals surface area contributed by atoms with Gasteiger partial charge >= 0.3 is 6.03 Å². The molecular formula is C23H17N5O3. The van der Waals surface area contributed by atoms with E-state index in [1.54, 1.807) is 24.3 Å². The number of aryl methyl sites for hydroxylation is 1. The van der Waals surface area contributed by atoms with E-state index in [4.69, 9.17) is 5.26 Å². The van der Waals surface area contributed by atoms with Crippen LogP contribution in [0.1, 0.15) is 22.5 Å². The number of aromatic nitrogens is 2. The summed E-state index contributed by atoms with van der Waals surface area (Å²) < 4.78 is 1.96. The second-order valence-electron chi connectivity index (χ2n) is 6.99. The second kappa shape index (κ2) is 7.72. The van der Waals surface area contributed by atoms with E-state index >= 15 is 0 Å². The van der Waals surface area contributed by atoms with Crippen molar-refractivity contribution in [3.63, 3.8) is 0 Å². The van der Waals surface area contributed by atoms with Crippen molar-refractivity contribution in [3.05, 3.63) is 82.9 Å². The molecule has 1 aliphatic heterocycles. The smallest absolute Gasteiger partial charge is 0.318 e. The Bertz CT molecular complexity index is 1280. The van der Waals surface area contributed by atoms with Gasteiger partial charge in [-0.25, -0.2) is 9.69 Å². The fourth-order valence-electron chi connectivity index (χ4n) is 3.55. The third-order valence-corrected chi connectivity index (χ3v) is 5.03. The van der Waals surface area contributed by atoms with Gasteiger partial charge in [0.05, 0.1) is 23.5 Å². The molecule has 3 aromatic rings. The molecule has 0 atom stereocenters. The Kier molecular flexibility index (Phi) is 4.93. The Morgan fingerprint density at radius 1 is 1.06 bits per heavy atom. The average molecular weight is 411 g/mol. The van der Waals surface area contributed by atoms with Gasteiger partial charge in [-0.3, -0.25) is 19.9 Å². The van der Waals surface area contributed by atoms with Gasteiger partial charge in [0.15, 0.2) is 0 Å². The van der Waals surface area contributed by atoms with E-state index in [-0.39, 0.29) is 11.3 Å². The van der Waals surface area contributed by atoms with Gasteiger partial charge in [-0.05, 0) is 68.0 Å². The van der Waals surface area contributed by atoms with Crippen LogP contribution in [0, 0.1) is 25.2 Å². The molecule has 1 N–H and O–H groups in total. The lowest BCUT2D eigenvalue weighted by atomic mass is 10.1. The molecule has 3 heterocycles. The van der Waals surface area contributed by atoms with Crippen LogP contribution in [0.3, 0.4) is 0 Å². The molecule has 1 aromatic carbocycles. The molecule has 152 valence electrons. The van der Waals surface area contributed by atoms with Crippen LogP contribution < -0.4 is 10.2 Å². The summed E-state index contributed by atoms with van der Waals surface area (Å²) in [5.41, 5.74) is 3.89. The zero-order valence-electron chi connectivity index (χ0n) is 16.8. The number of rotatable bonds is 3. The molecule has 1 aliphatic rings. The molecule has 4 rings (SSSR count).